The summed E-state index contributed by atoms with van der Waals surface area (Å²) in [6.07, 6.45) is -3.98. The summed E-state index contributed by atoms with van der Waals surface area (Å²) in [5.41, 5.74) is 1.67. The standard InChI is InChI=1S/C23H15F3O2S/c24-23(25,26)18-8-1-4-14(10-18)11-19-13-16-6-3-9-20(21(16)29-19)15-5-2-7-17(12-15)22(27)28/h1-10,12-13H,11H2,(H,27,28)/p-1. The molecule has 4 aromatic rings. The molecule has 0 unspecified atom stereocenters. The number of thiophene rings is 1. The highest BCUT2D eigenvalue weighted by molar-refractivity contribution is 7.19. The smallest absolute Gasteiger partial charge is 0.416 e. The molecule has 0 saturated carbocycles. The summed E-state index contributed by atoms with van der Waals surface area (Å²) in [5, 5.41) is 12.1. The third-order valence-corrected chi connectivity index (χ3v) is 5.82. The van der Waals surface area contributed by atoms with Crippen LogP contribution in [0.15, 0.2) is 72.8 Å². The summed E-state index contributed by atoms with van der Waals surface area (Å²) in [6, 6.07) is 19.6. The third-order valence-electron chi connectivity index (χ3n) is 4.64. The lowest BCUT2D eigenvalue weighted by molar-refractivity contribution is -0.255. The molecule has 1 aromatic heterocycles. The summed E-state index contributed by atoms with van der Waals surface area (Å²) < 4.78 is 39.8. The lowest BCUT2D eigenvalue weighted by Crippen LogP contribution is -2.22. The number of fused-ring (bicyclic) bond motifs is 1. The molecule has 146 valence electrons. The second-order valence-corrected chi connectivity index (χ2v) is 7.82. The van der Waals surface area contributed by atoms with E-state index in [2.05, 4.69) is 0 Å². The van der Waals surface area contributed by atoms with Crippen LogP contribution in [0.25, 0.3) is 21.2 Å². The maximum absolute atomic E-state index is 13.0. The molecular formula is C23H14F3O2S-. The van der Waals surface area contributed by atoms with Gasteiger partial charge in [-0.25, -0.2) is 0 Å². The molecule has 6 heteroatoms. The zero-order chi connectivity index (χ0) is 20.6. The Morgan fingerprint density at radius 2 is 1.69 bits per heavy atom. The predicted molar refractivity (Wildman–Crippen MR) is 106 cm³/mol. The average Bonchev–Trinajstić information content (AvgIpc) is 3.10. The summed E-state index contributed by atoms with van der Waals surface area (Å²) >= 11 is 1.50. The summed E-state index contributed by atoms with van der Waals surface area (Å²) in [7, 11) is 0. The number of halogens is 3. The van der Waals surface area contributed by atoms with Crippen molar-refractivity contribution in [2.45, 2.75) is 12.6 Å². The lowest BCUT2D eigenvalue weighted by atomic mass is 10.0. The maximum atomic E-state index is 13.0. The fraction of sp³-hybridized carbons (Fsp3) is 0.0870. The van der Waals surface area contributed by atoms with E-state index in [1.807, 2.05) is 30.3 Å². The van der Waals surface area contributed by atoms with E-state index >= 15 is 0 Å². The van der Waals surface area contributed by atoms with Gasteiger partial charge >= 0.3 is 6.18 Å². The second-order valence-electron chi connectivity index (χ2n) is 6.68. The van der Waals surface area contributed by atoms with Gasteiger partial charge < -0.3 is 9.90 Å². The van der Waals surface area contributed by atoms with Crippen molar-refractivity contribution in [1.29, 1.82) is 0 Å². The minimum absolute atomic E-state index is 0.0975. The Bertz CT molecular complexity index is 1210. The number of carboxylic acids is 1. The van der Waals surface area contributed by atoms with Crippen LogP contribution in [0.5, 0.6) is 0 Å². The molecule has 0 N–H and O–H groups in total. The van der Waals surface area contributed by atoms with Crippen LogP contribution in [-0.2, 0) is 12.6 Å². The van der Waals surface area contributed by atoms with Crippen molar-refractivity contribution in [3.8, 4) is 11.1 Å². The van der Waals surface area contributed by atoms with E-state index in [1.165, 1.54) is 29.5 Å². The van der Waals surface area contributed by atoms with E-state index in [9.17, 15) is 23.1 Å². The molecule has 0 radical (unpaired) electrons. The Kier molecular flexibility index (Phi) is 4.88. The number of carboxylic acid groups (broad SMARTS) is 1. The van der Waals surface area contributed by atoms with Gasteiger partial charge in [-0.1, -0.05) is 54.6 Å². The first-order valence-electron chi connectivity index (χ1n) is 8.80. The van der Waals surface area contributed by atoms with Gasteiger partial charge in [-0.3, -0.25) is 0 Å². The molecule has 0 aliphatic heterocycles. The average molecular weight is 411 g/mol. The van der Waals surface area contributed by atoms with E-state index in [0.29, 0.717) is 12.0 Å². The van der Waals surface area contributed by atoms with Gasteiger partial charge in [0.1, 0.15) is 0 Å². The Balaban J connectivity index is 1.72. The van der Waals surface area contributed by atoms with Crippen molar-refractivity contribution in [2.75, 3.05) is 0 Å². The highest BCUT2D eigenvalue weighted by Gasteiger charge is 2.30. The molecule has 3 aromatic carbocycles. The summed E-state index contributed by atoms with van der Waals surface area (Å²) in [6.45, 7) is 0. The van der Waals surface area contributed by atoms with Crippen molar-refractivity contribution < 1.29 is 23.1 Å². The molecule has 0 spiro atoms. The van der Waals surface area contributed by atoms with E-state index < -0.39 is 17.7 Å². The third kappa shape index (κ3) is 4.03. The van der Waals surface area contributed by atoms with Gasteiger partial charge in [-0.2, -0.15) is 13.2 Å². The second kappa shape index (κ2) is 7.37. The van der Waals surface area contributed by atoms with Crippen LogP contribution in [0.1, 0.15) is 26.4 Å². The van der Waals surface area contributed by atoms with Gasteiger partial charge in [0.15, 0.2) is 0 Å². The summed E-state index contributed by atoms with van der Waals surface area (Å²) in [5.74, 6) is -1.24. The van der Waals surface area contributed by atoms with Crippen LogP contribution >= 0.6 is 11.3 Å². The van der Waals surface area contributed by atoms with E-state index in [4.69, 9.17) is 0 Å². The van der Waals surface area contributed by atoms with Crippen LogP contribution in [0, 0.1) is 0 Å². The SMILES string of the molecule is O=C([O-])c1cccc(-c2cccc3cc(Cc4cccc(C(F)(F)F)c4)sc23)c1. The number of aromatic carboxylic acids is 1. The monoisotopic (exact) mass is 411 g/mol. The fourth-order valence-electron chi connectivity index (χ4n) is 3.30. The van der Waals surface area contributed by atoms with Crippen molar-refractivity contribution in [3.05, 3.63) is 94.4 Å². The quantitative estimate of drug-likeness (QED) is 0.442. The topological polar surface area (TPSA) is 40.1 Å². The van der Waals surface area contributed by atoms with Gasteiger partial charge in [-0.05, 0) is 45.8 Å². The van der Waals surface area contributed by atoms with E-state index in [0.717, 1.165) is 32.2 Å². The number of carbonyl (C=O) groups is 1. The van der Waals surface area contributed by atoms with Crippen LogP contribution in [-0.4, -0.2) is 5.97 Å². The van der Waals surface area contributed by atoms with Crippen LogP contribution in [0.3, 0.4) is 0 Å². The Labute approximate surface area is 168 Å². The van der Waals surface area contributed by atoms with Gasteiger partial charge in [0.05, 0.1) is 11.5 Å². The number of benzene rings is 3. The molecule has 29 heavy (non-hydrogen) atoms. The molecule has 0 aliphatic rings. The number of rotatable bonds is 4. The molecule has 2 nitrogen and oxygen atoms in total. The van der Waals surface area contributed by atoms with Crippen molar-refractivity contribution in [2.24, 2.45) is 0 Å². The number of alkyl halides is 3. The first-order valence-corrected chi connectivity index (χ1v) is 9.62. The zero-order valence-electron chi connectivity index (χ0n) is 15.0. The highest BCUT2D eigenvalue weighted by Crippen LogP contribution is 2.36. The Hall–Kier alpha value is -3.12. The van der Waals surface area contributed by atoms with Gasteiger partial charge in [0.2, 0.25) is 0 Å². The minimum Gasteiger partial charge on any atom is -0.545 e. The van der Waals surface area contributed by atoms with Crippen LogP contribution < -0.4 is 5.11 Å². The highest BCUT2D eigenvalue weighted by atomic mass is 32.1. The van der Waals surface area contributed by atoms with Crippen LogP contribution in [0.4, 0.5) is 13.2 Å². The van der Waals surface area contributed by atoms with E-state index in [1.54, 1.807) is 18.2 Å². The number of hydrogen-bond acceptors (Lipinski definition) is 3. The molecule has 1 heterocycles. The lowest BCUT2D eigenvalue weighted by Gasteiger charge is -2.08. The molecule has 0 saturated heterocycles. The first-order chi connectivity index (χ1) is 13.8. The number of carbonyl (C=O) groups excluding carboxylic acids is 1. The molecule has 4 rings (SSSR count). The summed E-state index contributed by atoms with van der Waals surface area (Å²) in [4.78, 5) is 12.1. The maximum Gasteiger partial charge on any atom is 0.416 e. The fourth-order valence-corrected chi connectivity index (χ4v) is 4.53. The largest absolute Gasteiger partial charge is 0.545 e. The zero-order valence-corrected chi connectivity index (χ0v) is 15.8. The molecule has 0 amide bonds. The Morgan fingerprint density at radius 1 is 0.931 bits per heavy atom. The molecule has 0 fully saturated rings. The molecular weight excluding hydrogens is 397 g/mol. The normalized spacial score (nSPS) is 11.7. The van der Waals surface area contributed by atoms with Gasteiger partial charge in [0.25, 0.3) is 0 Å². The van der Waals surface area contributed by atoms with Crippen molar-refractivity contribution >= 4 is 27.4 Å². The van der Waals surface area contributed by atoms with Crippen molar-refractivity contribution in [3.63, 3.8) is 0 Å². The first kappa shape index (κ1) is 19.2. The van der Waals surface area contributed by atoms with E-state index in [-0.39, 0.29) is 5.56 Å². The molecule has 0 bridgehead atoms. The van der Waals surface area contributed by atoms with Crippen LogP contribution in [0.2, 0.25) is 0 Å². The predicted octanol–water partition coefficient (Wildman–Crippen LogP) is 5.54. The minimum atomic E-state index is -4.37. The molecule has 0 atom stereocenters. The molecule has 0 aliphatic carbocycles. The van der Waals surface area contributed by atoms with Crippen molar-refractivity contribution in [1.82, 2.24) is 0 Å². The van der Waals surface area contributed by atoms with Gasteiger partial charge in [-0.15, -0.1) is 11.3 Å². The Morgan fingerprint density at radius 3 is 2.45 bits per heavy atom. The van der Waals surface area contributed by atoms with Gasteiger partial charge in [0, 0.05) is 16.0 Å². The number of hydrogen-bond donors (Lipinski definition) is 0.